The lowest BCUT2D eigenvalue weighted by molar-refractivity contribution is -0.133. The molecule has 0 atom stereocenters. The molecule has 0 saturated heterocycles. The molecule has 0 bridgehead atoms. The van der Waals surface area contributed by atoms with E-state index >= 15 is 0 Å². The number of carboxylic acids is 1. The Balaban J connectivity index is 1.97. The Kier molecular flexibility index (Phi) is 3.53. The van der Waals surface area contributed by atoms with E-state index in [1.807, 2.05) is 18.2 Å². The van der Waals surface area contributed by atoms with Crippen LogP contribution in [-0.2, 0) is 11.8 Å². The summed E-state index contributed by atoms with van der Waals surface area (Å²) in [6.07, 6.45) is 3.28. The number of rotatable bonds is 4. The van der Waals surface area contributed by atoms with Crippen LogP contribution in [0, 0.1) is 0 Å². The van der Waals surface area contributed by atoms with Gasteiger partial charge in [-0.25, -0.2) is 0 Å². The summed E-state index contributed by atoms with van der Waals surface area (Å²) in [4.78, 5) is 19.1. The summed E-state index contributed by atoms with van der Waals surface area (Å²) in [5, 5.41) is 17.4. The van der Waals surface area contributed by atoms with Crippen LogP contribution in [0.3, 0.4) is 0 Å². The SMILES string of the molecule is Cn1c(SCC(=O)O)nnc1-c1ccc2nccnc2c1. The van der Waals surface area contributed by atoms with Gasteiger partial charge in [-0.2, -0.15) is 0 Å². The minimum absolute atomic E-state index is 0.0465. The monoisotopic (exact) mass is 301 g/mol. The lowest BCUT2D eigenvalue weighted by Gasteiger charge is -2.04. The smallest absolute Gasteiger partial charge is 0.313 e. The van der Waals surface area contributed by atoms with Crippen LogP contribution in [0.2, 0.25) is 0 Å². The summed E-state index contributed by atoms with van der Waals surface area (Å²) in [7, 11) is 1.81. The molecule has 3 rings (SSSR count). The molecular weight excluding hydrogens is 290 g/mol. The molecule has 1 N–H and O–H groups in total. The predicted molar refractivity (Wildman–Crippen MR) is 77.9 cm³/mol. The standard InChI is InChI=1S/C13H11N5O2S/c1-18-12(16-17-13(18)21-7-11(19)20)8-2-3-9-10(6-8)15-5-4-14-9/h2-6H,7H2,1H3,(H,19,20). The van der Waals surface area contributed by atoms with Crippen molar-refractivity contribution < 1.29 is 9.90 Å². The van der Waals surface area contributed by atoms with E-state index in [-0.39, 0.29) is 5.75 Å². The van der Waals surface area contributed by atoms with Crippen molar-refractivity contribution in [2.45, 2.75) is 5.16 Å². The Morgan fingerprint density at radius 2 is 2.00 bits per heavy atom. The molecular formula is C13H11N5O2S. The van der Waals surface area contributed by atoms with Gasteiger partial charge < -0.3 is 9.67 Å². The Morgan fingerprint density at radius 3 is 2.76 bits per heavy atom. The number of aromatic nitrogens is 5. The third-order valence-electron chi connectivity index (χ3n) is 2.89. The molecule has 0 aliphatic heterocycles. The first kappa shape index (κ1) is 13.5. The van der Waals surface area contributed by atoms with Crippen LogP contribution >= 0.6 is 11.8 Å². The first-order valence-corrected chi connectivity index (χ1v) is 7.09. The number of hydrogen-bond acceptors (Lipinski definition) is 6. The Morgan fingerprint density at radius 1 is 1.24 bits per heavy atom. The molecule has 0 amide bonds. The van der Waals surface area contributed by atoms with Gasteiger partial charge in [-0.3, -0.25) is 14.8 Å². The second-order valence-electron chi connectivity index (χ2n) is 4.31. The summed E-state index contributed by atoms with van der Waals surface area (Å²) >= 11 is 1.14. The predicted octanol–water partition coefficient (Wildman–Crippen LogP) is 1.60. The van der Waals surface area contributed by atoms with Gasteiger partial charge in [-0.15, -0.1) is 10.2 Å². The highest BCUT2D eigenvalue weighted by molar-refractivity contribution is 7.99. The van der Waals surface area contributed by atoms with E-state index in [4.69, 9.17) is 5.11 Å². The van der Waals surface area contributed by atoms with Crippen molar-refractivity contribution in [3.8, 4) is 11.4 Å². The lowest BCUT2D eigenvalue weighted by atomic mass is 10.2. The fraction of sp³-hybridized carbons (Fsp3) is 0.154. The summed E-state index contributed by atoms with van der Waals surface area (Å²) in [5.74, 6) is -0.268. The minimum atomic E-state index is -0.884. The number of fused-ring (bicyclic) bond motifs is 1. The first-order chi connectivity index (χ1) is 10.1. The Hall–Kier alpha value is -2.48. The van der Waals surface area contributed by atoms with Gasteiger partial charge in [0.05, 0.1) is 16.8 Å². The van der Waals surface area contributed by atoms with Crippen molar-refractivity contribution in [3.63, 3.8) is 0 Å². The largest absolute Gasteiger partial charge is 0.481 e. The molecule has 0 unspecified atom stereocenters. The van der Waals surface area contributed by atoms with E-state index in [1.165, 1.54) is 0 Å². The fourth-order valence-corrected chi connectivity index (χ4v) is 2.55. The summed E-state index contributed by atoms with van der Waals surface area (Å²) in [6.45, 7) is 0. The van der Waals surface area contributed by atoms with Gasteiger partial charge in [0.25, 0.3) is 0 Å². The number of carbonyl (C=O) groups is 1. The molecule has 1 aromatic carbocycles. The second kappa shape index (κ2) is 5.49. The summed E-state index contributed by atoms with van der Waals surface area (Å²) in [6, 6.07) is 5.65. The molecule has 3 aromatic rings. The Bertz CT molecular complexity index is 817. The van der Waals surface area contributed by atoms with E-state index in [2.05, 4.69) is 20.2 Å². The summed E-state index contributed by atoms with van der Waals surface area (Å²) < 4.78 is 1.77. The van der Waals surface area contributed by atoms with Crippen LogP contribution in [0.4, 0.5) is 0 Å². The van der Waals surface area contributed by atoms with Gasteiger partial charge >= 0.3 is 5.97 Å². The van der Waals surface area contributed by atoms with Crippen molar-refractivity contribution in [1.82, 2.24) is 24.7 Å². The van der Waals surface area contributed by atoms with E-state index in [9.17, 15) is 4.79 Å². The van der Waals surface area contributed by atoms with Gasteiger partial charge in [0.2, 0.25) is 0 Å². The number of thioether (sulfide) groups is 1. The minimum Gasteiger partial charge on any atom is -0.481 e. The molecule has 0 saturated carbocycles. The van der Waals surface area contributed by atoms with Gasteiger partial charge in [0.1, 0.15) is 0 Å². The third-order valence-corrected chi connectivity index (χ3v) is 3.89. The maximum Gasteiger partial charge on any atom is 0.313 e. The maximum atomic E-state index is 10.6. The van der Waals surface area contributed by atoms with Gasteiger partial charge in [-0.05, 0) is 18.2 Å². The normalized spacial score (nSPS) is 10.9. The molecule has 0 spiro atoms. The molecule has 0 aliphatic rings. The van der Waals surface area contributed by atoms with Gasteiger partial charge in [-0.1, -0.05) is 11.8 Å². The fourth-order valence-electron chi connectivity index (χ4n) is 1.92. The second-order valence-corrected chi connectivity index (χ2v) is 5.25. The van der Waals surface area contributed by atoms with Crippen molar-refractivity contribution in [2.75, 3.05) is 5.75 Å². The van der Waals surface area contributed by atoms with E-state index < -0.39 is 5.97 Å². The number of aliphatic carboxylic acids is 1. The molecule has 7 nitrogen and oxygen atoms in total. The summed E-state index contributed by atoms with van der Waals surface area (Å²) in [5.41, 5.74) is 2.45. The van der Waals surface area contributed by atoms with Crippen molar-refractivity contribution in [2.24, 2.45) is 7.05 Å². The average Bonchev–Trinajstić information content (AvgIpc) is 2.85. The molecule has 106 valence electrons. The zero-order chi connectivity index (χ0) is 14.8. The van der Waals surface area contributed by atoms with Crippen molar-refractivity contribution in [3.05, 3.63) is 30.6 Å². The van der Waals surface area contributed by atoms with Crippen LogP contribution in [-0.4, -0.2) is 41.6 Å². The van der Waals surface area contributed by atoms with Gasteiger partial charge in [0.15, 0.2) is 11.0 Å². The average molecular weight is 301 g/mol. The van der Waals surface area contributed by atoms with Crippen molar-refractivity contribution >= 4 is 28.8 Å². The molecule has 0 fully saturated rings. The topological polar surface area (TPSA) is 93.8 Å². The highest BCUT2D eigenvalue weighted by atomic mass is 32.2. The molecule has 8 heteroatoms. The highest BCUT2D eigenvalue weighted by Gasteiger charge is 2.13. The van der Waals surface area contributed by atoms with Gasteiger partial charge in [0, 0.05) is 25.0 Å². The van der Waals surface area contributed by atoms with Crippen LogP contribution in [0.1, 0.15) is 0 Å². The molecule has 0 radical (unpaired) electrons. The third kappa shape index (κ3) is 2.70. The molecule has 2 aromatic heterocycles. The quantitative estimate of drug-likeness (QED) is 0.731. The zero-order valence-corrected chi connectivity index (χ0v) is 11.9. The van der Waals surface area contributed by atoms with E-state index in [0.717, 1.165) is 28.4 Å². The van der Waals surface area contributed by atoms with Crippen LogP contribution in [0.15, 0.2) is 35.7 Å². The van der Waals surface area contributed by atoms with Crippen molar-refractivity contribution in [1.29, 1.82) is 0 Å². The number of benzene rings is 1. The molecule has 21 heavy (non-hydrogen) atoms. The van der Waals surface area contributed by atoms with Crippen LogP contribution in [0.25, 0.3) is 22.4 Å². The van der Waals surface area contributed by atoms with E-state index in [1.54, 1.807) is 24.0 Å². The zero-order valence-electron chi connectivity index (χ0n) is 11.1. The maximum absolute atomic E-state index is 10.6. The van der Waals surface area contributed by atoms with Crippen LogP contribution < -0.4 is 0 Å². The number of carboxylic acid groups (broad SMARTS) is 1. The number of nitrogens with zero attached hydrogens (tertiary/aromatic N) is 5. The molecule has 2 heterocycles. The molecule has 0 aliphatic carbocycles. The first-order valence-electron chi connectivity index (χ1n) is 6.10. The lowest BCUT2D eigenvalue weighted by Crippen LogP contribution is -2.01. The van der Waals surface area contributed by atoms with E-state index in [0.29, 0.717) is 11.0 Å². The Labute approximate surface area is 124 Å². The van der Waals surface area contributed by atoms with Crippen LogP contribution in [0.5, 0.6) is 0 Å². The highest BCUT2D eigenvalue weighted by Crippen LogP contribution is 2.24. The number of hydrogen-bond donors (Lipinski definition) is 1.